The molecular formula is C22H17Cl2NO2S. The van der Waals surface area contributed by atoms with Gasteiger partial charge in [-0.1, -0.05) is 23.4 Å². The lowest BCUT2D eigenvalue weighted by atomic mass is 10.2. The van der Waals surface area contributed by atoms with Crippen molar-refractivity contribution in [1.82, 2.24) is 4.98 Å². The van der Waals surface area contributed by atoms with E-state index >= 15 is 0 Å². The number of hydrogen-bond acceptors (Lipinski definition) is 4. The topological polar surface area (TPSA) is 35.3 Å². The Bertz CT molecular complexity index is 1060. The Labute approximate surface area is 177 Å². The molecule has 0 amide bonds. The first-order valence-electron chi connectivity index (χ1n) is 8.84. The van der Waals surface area contributed by atoms with Crippen LogP contribution in [0.4, 0.5) is 0 Å². The van der Waals surface area contributed by atoms with Crippen LogP contribution < -0.4 is 4.74 Å². The second-order valence-corrected chi connectivity index (χ2v) is 8.08. The summed E-state index contributed by atoms with van der Waals surface area (Å²) in [7, 11) is 0. The van der Waals surface area contributed by atoms with Crippen LogP contribution in [0.25, 0.3) is 22.6 Å². The number of oxazole rings is 1. The molecule has 0 atom stereocenters. The first-order chi connectivity index (χ1) is 13.7. The molecule has 0 saturated heterocycles. The summed E-state index contributed by atoms with van der Waals surface area (Å²) in [5.41, 5.74) is 2.50. The third kappa shape index (κ3) is 4.64. The van der Waals surface area contributed by atoms with Crippen molar-refractivity contribution in [2.75, 3.05) is 12.5 Å². The van der Waals surface area contributed by atoms with Gasteiger partial charge in [0.1, 0.15) is 11.3 Å². The normalized spacial score (nSPS) is 11.1. The Hall–Kier alpha value is -2.14. The van der Waals surface area contributed by atoms with E-state index in [9.17, 15) is 0 Å². The van der Waals surface area contributed by atoms with Crippen molar-refractivity contribution in [3.8, 4) is 17.2 Å². The van der Waals surface area contributed by atoms with Crippen molar-refractivity contribution in [2.45, 2.75) is 16.2 Å². The molecule has 3 aromatic carbocycles. The van der Waals surface area contributed by atoms with Crippen molar-refractivity contribution in [3.05, 3.63) is 71.8 Å². The highest BCUT2D eigenvalue weighted by atomic mass is 35.5. The van der Waals surface area contributed by atoms with E-state index in [0.29, 0.717) is 18.4 Å². The maximum Gasteiger partial charge on any atom is 0.227 e. The van der Waals surface area contributed by atoms with Crippen molar-refractivity contribution in [1.29, 1.82) is 0 Å². The Morgan fingerprint density at radius 1 is 0.929 bits per heavy atom. The molecule has 3 nitrogen and oxygen atoms in total. The van der Waals surface area contributed by atoms with E-state index in [2.05, 4.69) is 4.98 Å². The highest BCUT2D eigenvalue weighted by molar-refractivity contribution is 7.99. The van der Waals surface area contributed by atoms with Crippen molar-refractivity contribution in [2.24, 2.45) is 0 Å². The molecule has 0 aliphatic carbocycles. The summed E-state index contributed by atoms with van der Waals surface area (Å²) in [6.45, 7) is 0.611. The maximum absolute atomic E-state index is 5.99. The number of fused-ring (bicyclic) bond motifs is 1. The summed E-state index contributed by atoms with van der Waals surface area (Å²) >= 11 is 13.3. The van der Waals surface area contributed by atoms with Crippen molar-refractivity contribution in [3.63, 3.8) is 0 Å². The van der Waals surface area contributed by atoms with Crippen LogP contribution in [0, 0.1) is 0 Å². The van der Waals surface area contributed by atoms with Gasteiger partial charge in [-0.2, -0.15) is 0 Å². The molecule has 4 rings (SSSR count). The average molecular weight is 430 g/mol. The van der Waals surface area contributed by atoms with E-state index in [0.717, 1.165) is 43.6 Å². The third-order valence-corrected chi connectivity index (χ3v) is 5.57. The Balaban J connectivity index is 1.52. The highest BCUT2D eigenvalue weighted by Crippen LogP contribution is 2.32. The molecular weight excluding hydrogens is 413 g/mol. The first kappa shape index (κ1) is 19.2. The molecule has 0 fully saturated rings. The number of hydrogen-bond donors (Lipinski definition) is 0. The van der Waals surface area contributed by atoms with Gasteiger partial charge in [-0.25, -0.2) is 4.98 Å². The summed E-state index contributed by atoms with van der Waals surface area (Å²) in [5.74, 6) is 2.00. The highest BCUT2D eigenvalue weighted by Gasteiger charge is 2.10. The van der Waals surface area contributed by atoms with Gasteiger partial charge in [-0.15, -0.1) is 11.6 Å². The fraction of sp³-hybridized carbons (Fsp3) is 0.136. The van der Waals surface area contributed by atoms with Crippen LogP contribution in [0.15, 0.2) is 80.9 Å². The second kappa shape index (κ2) is 8.91. The molecule has 0 radical (unpaired) electrons. The maximum atomic E-state index is 5.99. The van der Waals surface area contributed by atoms with E-state index in [1.165, 1.54) is 0 Å². The van der Waals surface area contributed by atoms with Gasteiger partial charge >= 0.3 is 0 Å². The molecule has 28 heavy (non-hydrogen) atoms. The molecule has 6 heteroatoms. The molecule has 4 aromatic rings. The zero-order valence-electron chi connectivity index (χ0n) is 14.9. The average Bonchev–Trinajstić information content (AvgIpc) is 3.14. The minimum absolute atomic E-state index is 0.593. The number of halogens is 2. The van der Waals surface area contributed by atoms with E-state index < -0.39 is 0 Å². The van der Waals surface area contributed by atoms with Crippen LogP contribution in [0.2, 0.25) is 5.02 Å². The first-order valence-corrected chi connectivity index (χ1v) is 10.6. The lowest BCUT2D eigenvalue weighted by Gasteiger charge is -2.04. The van der Waals surface area contributed by atoms with E-state index in [1.54, 1.807) is 11.8 Å². The molecule has 0 aliphatic rings. The summed E-state index contributed by atoms with van der Waals surface area (Å²) in [5, 5.41) is 0.732. The van der Waals surface area contributed by atoms with E-state index in [1.807, 2.05) is 66.7 Å². The summed E-state index contributed by atoms with van der Waals surface area (Å²) < 4.78 is 11.6. The SMILES string of the molecule is ClCCCOc1ccc(-c2nc3ccc(Sc4ccc(Cl)cc4)cc3o2)cc1. The van der Waals surface area contributed by atoms with Gasteiger partial charge in [-0.05, 0) is 73.2 Å². The zero-order valence-corrected chi connectivity index (χ0v) is 17.2. The smallest absolute Gasteiger partial charge is 0.227 e. The quantitative estimate of drug-likeness (QED) is 0.228. The molecule has 0 aliphatic heterocycles. The fourth-order valence-electron chi connectivity index (χ4n) is 2.67. The lowest BCUT2D eigenvalue weighted by molar-refractivity contribution is 0.318. The minimum Gasteiger partial charge on any atom is -0.494 e. The van der Waals surface area contributed by atoms with E-state index in [4.69, 9.17) is 32.4 Å². The van der Waals surface area contributed by atoms with Crippen molar-refractivity contribution >= 4 is 46.1 Å². The Kier molecular flexibility index (Phi) is 6.10. The Morgan fingerprint density at radius 2 is 1.68 bits per heavy atom. The zero-order chi connectivity index (χ0) is 19.3. The van der Waals surface area contributed by atoms with Crippen LogP contribution in [-0.4, -0.2) is 17.5 Å². The fourth-order valence-corrected chi connectivity index (χ4v) is 3.75. The predicted octanol–water partition coefficient (Wildman–Crippen LogP) is 7.31. The number of rotatable bonds is 7. The van der Waals surface area contributed by atoms with Gasteiger partial charge in [0.2, 0.25) is 5.89 Å². The van der Waals surface area contributed by atoms with Gasteiger partial charge in [-0.3, -0.25) is 0 Å². The Morgan fingerprint density at radius 3 is 2.43 bits per heavy atom. The molecule has 1 aromatic heterocycles. The summed E-state index contributed by atoms with van der Waals surface area (Å²) in [4.78, 5) is 6.80. The number of benzene rings is 3. The molecule has 0 N–H and O–H groups in total. The number of nitrogens with zero attached hydrogens (tertiary/aromatic N) is 1. The molecule has 0 unspecified atom stereocenters. The van der Waals surface area contributed by atoms with Crippen LogP contribution in [0.3, 0.4) is 0 Å². The van der Waals surface area contributed by atoms with Crippen molar-refractivity contribution < 1.29 is 9.15 Å². The van der Waals surface area contributed by atoms with Crippen LogP contribution in [0.1, 0.15) is 6.42 Å². The van der Waals surface area contributed by atoms with Gasteiger partial charge in [0.25, 0.3) is 0 Å². The third-order valence-electron chi connectivity index (χ3n) is 4.06. The molecule has 0 spiro atoms. The standard InChI is InChI=1S/C22H17Cl2NO2S/c23-12-1-13-26-17-6-2-15(3-7-17)22-25-20-11-10-19(14-21(20)27-22)28-18-8-4-16(24)5-9-18/h2-11,14H,1,12-13H2. The summed E-state index contributed by atoms with van der Waals surface area (Å²) in [6.07, 6.45) is 0.824. The largest absolute Gasteiger partial charge is 0.494 e. The van der Waals surface area contributed by atoms with Gasteiger partial charge in [0.05, 0.1) is 6.61 Å². The summed E-state index contributed by atoms with van der Waals surface area (Å²) in [6, 6.07) is 21.5. The van der Waals surface area contributed by atoms with Crippen LogP contribution in [0.5, 0.6) is 5.75 Å². The van der Waals surface area contributed by atoms with Gasteiger partial charge in [0, 0.05) is 26.3 Å². The number of aromatic nitrogens is 1. The molecule has 0 saturated carbocycles. The second-order valence-electron chi connectivity index (χ2n) is 6.12. The molecule has 142 valence electrons. The van der Waals surface area contributed by atoms with Gasteiger partial charge < -0.3 is 9.15 Å². The van der Waals surface area contributed by atoms with Crippen LogP contribution >= 0.6 is 35.0 Å². The monoisotopic (exact) mass is 429 g/mol. The number of alkyl halides is 1. The molecule has 0 bridgehead atoms. The lowest BCUT2D eigenvalue weighted by Crippen LogP contribution is -1.97. The van der Waals surface area contributed by atoms with Crippen LogP contribution in [-0.2, 0) is 0 Å². The van der Waals surface area contributed by atoms with Gasteiger partial charge in [0.15, 0.2) is 5.58 Å². The van der Waals surface area contributed by atoms with E-state index in [-0.39, 0.29) is 0 Å². The minimum atomic E-state index is 0.593. The predicted molar refractivity (Wildman–Crippen MR) is 116 cm³/mol. The number of ether oxygens (including phenoxy) is 1. The molecule has 1 heterocycles.